The van der Waals surface area contributed by atoms with Crippen molar-refractivity contribution in [2.45, 2.75) is 38.7 Å². The van der Waals surface area contributed by atoms with Gasteiger partial charge in [0.1, 0.15) is 11.0 Å². The molecule has 1 aromatic carbocycles. The molecule has 0 heterocycles. The largest absolute Gasteiger partial charge is 0.494 e. The lowest BCUT2D eigenvalue weighted by molar-refractivity contribution is -0.137. The average Bonchev–Trinajstić information content (AvgIpc) is 2.39. The van der Waals surface area contributed by atoms with Crippen LogP contribution in [0.2, 0.25) is 0 Å². The molecule has 1 rings (SSSR count). The van der Waals surface area contributed by atoms with Gasteiger partial charge >= 0.3 is 5.97 Å². The van der Waals surface area contributed by atoms with E-state index in [1.165, 1.54) is 18.7 Å². The zero-order valence-electron chi connectivity index (χ0n) is 12.9. The minimum absolute atomic E-state index is 0.0112. The Labute approximate surface area is 129 Å². The van der Waals surface area contributed by atoms with Gasteiger partial charge in [-0.15, -0.1) is 11.8 Å². The first kappa shape index (κ1) is 17.6. The van der Waals surface area contributed by atoms with Gasteiger partial charge in [-0.05, 0) is 38.0 Å². The van der Waals surface area contributed by atoms with Crippen molar-refractivity contribution in [1.82, 2.24) is 0 Å². The van der Waals surface area contributed by atoms with Crippen LogP contribution in [0.5, 0.6) is 5.75 Å². The van der Waals surface area contributed by atoms with E-state index in [1.54, 1.807) is 18.2 Å². The maximum Gasteiger partial charge on any atom is 0.316 e. The average molecular weight is 310 g/mol. The maximum absolute atomic E-state index is 11.5. The van der Waals surface area contributed by atoms with Crippen molar-refractivity contribution < 1.29 is 19.4 Å². The summed E-state index contributed by atoms with van der Waals surface area (Å²) in [5.74, 6) is 0.437. The van der Waals surface area contributed by atoms with E-state index in [9.17, 15) is 14.7 Å². The number of ether oxygens (including phenoxy) is 1. The lowest BCUT2D eigenvalue weighted by Crippen LogP contribution is -2.22. The summed E-state index contributed by atoms with van der Waals surface area (Å²) in [5.41, 5.74) is 1.48. The Balaban J connectivity index is 2.95. The fourth-order valence-corrected chi connectivity index (χ4v) is 3.05. The van der Waals surface area contributed by atoms with Gasteiger partial charge in [0, 0.05) is 16.9 Å². The molecule has 21 heavy (non-hydrogen) atoms. The topological polar surface area (TPSA) is 63.6 Å². The second-order valence-electron chi connectivity index (χ2n) is 5.13. The monoisotopic (exact) mass is 310 g/mol. The number of carbonyl (C=O) groups excluding carboxylic acids is 1. The lowest BCUT2D eigenvalue weighted by atomic mass is 10.1. The molecule has 4 nitrogen and oxygen atoms in total. The molecule has 0 aliphatic carbocycles. The lowest BCUT2D eigenvalue weighted by Gasteiger charge is -2.17. The van der Waals surface area contributed by atoms with Crippen molar-refractivity contribution >= 4 is 23.5 Å². The Hall–Kier alpha value is -1.49. The summed E-state index contributed by atoms with van der Waals surface area (Å²) in [5, 5.41) is 8.76. The van der Waals surface area contributed by atoms with Crippen molar-refractivity contribution in [1.29, 1.82) is 0 Å². The quantitative estimate of drug-likeness (QED) is 0.743. The minimum atomic E-state index is -0.810. The van der Waals surface area contributed by atoms with Crippen LogP contribution in [-0.2, 0) is 10.5 Å². The first-order valence-electron chi connectivity index (χ1n) is 6.97. The number of Topliss-reactive ketones (excluding diaryl/α,β-unsaturated/α-hetero) is 1. The molecular formula is C16H22O4S. The number of ketones is 1. The van der Waals surface area contributed by atoms with Gasteiger partial charge in [0.05, 0.1) is 6.61 Å². The molecule has 0 saturated heterocycles. The third kappa shape index (κ3) is 5.08. The Morgan fingerprint density at radius 1 is 1.33 bits per heavy atom. The van der Waals surface area contributed by atoms with E-state index in [0.29, 0.717) is 23.7 Å². The molecule has 0 spiro atoms. The van der Waals surface area contributed by atoms with Crippen molar-refractivity contribution in [3.05, 3.63) is 29.3 Å². The van der Waals surface area contributed by atoms with Crippen LogP contribution in [0.1, 0.15) is 43.6 Å². The Bertz CT molecular complexity index is 511. The molecule has 1 aromatic rings. The highest BCUT2D eigenvalue weighted by atomic mass is 32.2. The molecule has 0 radical (unpaired) electrons. The molecule has 0 aliphatic rings. The van der Waals surface area contributed by atoms with Gasteiger partial charge in [0.2, 0.25) is 0 Å². The minimum Gasteiger partial charge on any atom is -0.494 e. The van der Waals surface area contributed by atoms with Gasteiger partial charge in [-0.3, -0.25) is 9.59 Å². The van der Waals surface area contributed by atoms with Gasteiger partial charge in [-0.25, -0.2) is 0 Å². The zero-order chi connectivity index (χ0) is 16.0. The summed E-state index contributed by atoms with van der Waals surface area (Å²) in [6.45, 7) is 7.72. The molecular weight excluding hydrogens is 288 g/mol. The SMILES string of the molecule is CCOc1ccc(C(C)=O)cc1CSC(C(=O)O)C(C)C. The van der Waals surface area contributed by atoms with Crippen LogP contribution in [0, 0.1) is 5.92 Å². The fourth-order valence-electron chi connectivity index (χ4n) is 1.94. The van der Waals surface area contributed by atoms with E-state index in [0.717, 1.165) is 5.56 Å². The number of thioether (sulfide) groups is 1. The molecule has 116 valence electrons. The standard InChI is InChI=1S/C16H22O4S/c1-5-20-14-7-6-12(11(4)17)8-13(14)9-21-15(10(2)3)16(18)19/h6-8,10,15H,5,9H2,1-4H3,(H,18,19). The van der Waals surface area contributed by atoms with Crippen LogP contribution in [0.4, 0.5) is 0 Å². The molecule has 0 bridgehead atoms. The molecule has 5 heteroatoms. The molecule has 0 aliphatic heterocycles. The first-order valence-corrected chi connectivity index (χ1v) is 8.02. The van der Waals surface area contributed by atoms with Crippen molar-refractivity contribution in [3.8, 4) is 5.75 Å². The maximum atomic E-state index is 11.5. The Kier molecular flexibility index (Phi) is 6.75. The molecule has 0 amide bonds. The van der Waals surface area contributed by atoms with E-state index in [1.807, 2.05) is 20.8 Å². The Morgan fingerprint density at radius 2 is 2.00 bits per heavy atom. The normalized spacial score (nSPS) is 12.2. The number of carboxylic acid groups (broad SMARTS) is 1. The fraction of sp³-hybridized carbons (Fsp3) is 0.500. The summed E-state index contributed by atoms with van der Waals surface area (Å²) in [6, 6.07) is 5.31. The van der Waals surface area contributed by atoms with Crippen LogP contribution in [-0.4, -0.2) is 28.7 Å². The van der Waals surface area contributed by atoms with Gasteiger partial charge in [-0.1, -0.05) is 13.8 Å². The van der Waals surface area contributed by atoms with E-state index in [-0.39, 0.29) is 11.7 Å². The third-order valence-electron chi connectivity index (χ3n) is 3.03. The van der Waals surface area contributed by atoms with Crippen molar-refractivity contribution in [3.63, 3.8) is 0 Å². The van der Waals surface area contributed by atoms with E-state index in [2.05, 4.69) is 0 Å². The van der Waals surface area contributed by atoms with Crippen LogP contribution in [0.25, 0.3) is 0 Å². The van der Waals surface area contributed by atoms with E-state index < -0.39 is 11.2 Å². The van der Waals surface area contributed by atoms with Crippen LogP contribution >= 0.6 is 11.8 Å². The second-order valence-corrected chi connectivity index (χ2v) is 6.26. The smallest absolute Gasteiger partial charge is 0.316 e. The van der Waals surface area contributed by atoms with Gasteiger partial charge in [0.25, 0.3) is 0 Å². The number of hydrogen-bond donors (Lipinski definition) is 1. The van der Waals surface area contributed by atoms with E-state index in [4.69, 9.17) is 4.74 Å². The number of hydrogen-bond acceptors (Lipinski definition) is 4. The predicted molar refractivity (Wildman–Crippen MR) is 85.2 cm³/mol. The summed E-state index contributed by atoms with van der Waals surface area (Å²) in [6.07, 6.45) is 0. The highest BCUT2D eigenvalue weighted by molar-refractivity contribution is 7.99. The van der Waals surface area contributed by atoms with Crippen LogP contribution in [0.3, 0.4) is 0 Å². The number of carbonyl (C=O) groups is 2. The first-order chi connectivity index (χ1) is 9.86. The van der Waals surface area contributed by atoms with Gasteiger partial charge < -0.3 is 9.84 Å². The molecule has 0 fully saturated rings. The van der Waals surface area contributed by atoms with Gasteiger partial charge in [0.15, 0.2) is 5.78 Å². The number of carboxylic acids is 1. The summed E-state index contributed by atoms with van der Waals surface area (Å²) < 4.78 is 5.55. The predicted octanol–water partition coefficient (Wildman–Crippen LogP) is 3.63. The molecule has 1 unspecified atom stereocenters. The molecule has 1 atom stereocenters. The Morgan fingerprint density at radius 3 is 2.48 bits per heavy atom. The third-order valence-corrected chi connectivity index (χ3v) is 4.62. The molecule has 1 N–H and O–H groups in total. The highest BCUT2D eigenvalue weighted by Gasteiger charge is 2.22. The number of aliphatic carboxylic acids is 1. The molecule has 0 saturated carbocycles. The zero-order valence-corrected chi connectivity index (χ0v) is 13.7. The highest BCUT2D eigenvalue weighted by Crippen LogP contribution is 2.29. The summed E-state index contributed by atoms with van der Waals surface area (Å²) in [4.78, 5) is 22.7. The van der Waals surface area contributed by atoms with Crippen molar-refractivity contribution in [2.24, 2.45) is 5.92 Å². The number of rotatable bonds is 8. The summed E-state index contributed by atoms with van der Waals surface area (Å²) in [7, 11) is 0. The van der Waals surface area contributed by atoms with Gasteiger partial charge in [-0.2, -0.15) is 0 Å². The van der Waals surface area contributed by atoms with Crippen molar-refractivity contribution in [2.75, 3.05) is 6.61 Å². The van der Waals surface area contributed by atoms with Crippen LogP contribution in [0.15, 0.2) is 18.2 Å². The van der Waals surface area contributed by atoms with Crippen LogP contribution < -0.4 is 4.74 Å². The number of benzene rings is 1. The molecule has 0 aromatic heterocycles. The van der Waals surface area contributed by atoms with E-state index >= 15 is 0 Å². The second kappa shape index (κ2) is 8.08. The summed E-state index contributed by atoms with van der Waals surface area (Å²) >= 11 is 1.36.